The van der Waals surface area contributed by atoms with E-state index in [2.05, 4.69) is 0 Å². The van der Waals surface area contributed by atoms with Gasteiger partial charge in [-0.1, -0.05) is 48.5 Å². The van der Waals surface area contributed by atoms with Crippen LogP contribution >= 0.6 is 0 Å². The molecule has 5 heteroatoms. The monoisotopic (exact) mass is 334 g/mol. The second-order valence-electron chi connectivity index (χ2n) is 5.34. The molecule has 3 aromatic rings. The summed E-state index contributed by atoms with van der Waals surface area (Å²) in [6, 6.07) is 13.3. The standard InChI is InChI=1S/C19H11F5/c1-10-4-2-3-5-13(10)11-6-8-12(9-7-11)14-15(20)17(22)19(24)18(23)16(14)21/h2-9H,1H3. The Labute approximate surface area is 135 Å². The second kappa shape index (κ2) is 6.07. The molecule has 0 saturated heterocycles. The van der Waals surface area contributed by atoms with Gasteiger partial charge in [-0.25, -0.2) is 22.0 Å². The summed E-state index contributed by atoms with van der Waals surface area (Å²) in [4.78, 5) is 0. The largest absolute Gasteiger partial charge is 0.203 e. The quantitative estimate of drug-likeness (QED) is 0.305. The summed E-state index contributed by atoms with van der Waals surface area (Å²) < 4.78 is 67.5. The SMILES string of the molecule is Cc1ccccc1-c1ccc(-c2c(F)c(F)c(F)c(F)c2F)cc1. The van der Waals surface area contributed by atoms with Gasteiger partial charge in [0.2, 0.25) is 5.82 Å². The normalized spacial score (nSPS) is 10.9. The molecule has 0 saturated carbocycles. The molecule has 0 aliphatic heterocycles. The average molecular weight is 334 g/mol. The van der Waals surface area contributed by atoms with Gasteiger partial charge in [0.15, 0.2) is 23.3 Å². The van der Waals surface area contributed by atoms with Gasteiger partial charge in [-0.05, 0) is 29.2 Å². The van der Waals surface area contributed by atoms with Crippen molar-refractivity contribution in [2.75, 3.05) is 0 Å². The average Bonchev–Trinajstić information content (AvgIpc) is 2.60. The van der Waals surface area contributed by atoms with E-state index in [0.29, 0.717) is 0 Å². The zero-order valence-electron chi connectivity index (χ0n) is 12.5. The first-order chi connectivity index (χ1) is 11.4. The number of benzene rings is 3. The Morgan fingerprint density at radius 3 is 1.54 bits per heavy atom. The first-order valence-electron chi connectivity index (χ1n) is 7.09. The lowest BCUT2D eigenvalue weighted by Gasteiger charge is -2.10. The Bertz CT molecular complexity index is 885. The van der Waals surface area contributed by atoms with E-state index in [1.54, 1.807) is 12.1 Å². The Kier molecular flexibility index (Phi) is 4.09. The Hall–Kier alpha value is -2.69. The lowest BCUT2D eigenvalue weighted by Crippen LogP contribution is -2.03. The third kappa shape index (κ3) is 2.56. The van der Waals surface area contributed by atoms with Gasteiger partial charge in [-0.2, -0.15) is 0 Å². The molecule has 0 N–H and O–H groups in total. The Morgan fingerprint density at radius 2 is 1.00 bits per heavy atom. The van der Waals surface area contributed by atoms with Gasteiger partial charge in [0.1, 0.15) is 0 Å². The fourth-order valence-corrected chi connectivity index (χ4v) is 2.57. The topological polar surface area (TPSA) is 0 Å². The first kappa shape index (κ1) is 16.2. The molecule has 0 bridgehead atoms. The Balaban J connectivity index is 2.12. The van der Waals surface area contributed by atoms with Gasteiger partial charge < -0.3 is 0 Å². The number of rotatable bonds is 2. The highest BCUT2D eigenvalue weighted by molar-refractivity contribution is 5.72. The summed E-state index contributed by atoms with van der Waals surface area (Å²) in [6.45, 7) is 1.91. The minimum absolute atomic E-state index is 0.0832. The van der Waals surface area contributed by atoms with E-state index in [1.807, 2.05) is 31.2 Å². The van der Waals surface area contributed by atoms with Gasteiger partial charge in [-0.15, -0.1) is 0 Å². The lowest BCUT2D eigenvalue weighted by atomic mass is 9.97. The van der Waals surface area contributed by atoms with E-state index in [0.717, 1.165) is 16.7 Å². The maximum absolute atomic E-state index is 13.9. The second-order valence-corrected chi connectivity index (χ2v) is 5.34. The highest BCUT2D eigenvalue weighted by Crippen LogP contribution is 2.33. The molecule has 0 heterocycles. The molecule has 0 nitrogen and oxygen atoms in total. The van der Waals surface area contributed by atoms with E-state index >= 15 is 0 Å². The van der Waals surface area contributed by atoms with Crippen molar-refractivity contribution in [1.82, 2.24) is 0 Å². The number of halogens is 5. The predicted octanol–water partition coefficient (Wildman–Crippen LogP) is 6.02. The molecule has 0 spiro atoms. The van der Waals surface area contributed by atoms with Crippen LogP contribution in [0.3, 0.4) is 0 Å². The van der Waals surface area contributed by atoms with E-state index in [1.165, 1.54) is 12.1 Å². The van der Waals surface area contributed by atoms with Crippen molar-refractivity contribution in [3.8, 4) is 22.3 Å². The minimum atomic E-state index is -2.16. The fraction of sp³-hybridized carbons (Fsp3) is 0.0526. The number of hydrogen-bond donors (Lipinski definition) is 0. The van der Waals surface area contributed by atoms with Crippen molar-refractivity contribution < 1.29 is 22.0 Å². The number of aryl methyl sites for hydroxylation is 1. The summed E-state index contributed by atoms with van der Waals surface area (Å²) in [5, 5.41) is 0. The molecule has 24 heavy (non-hydrogen) atoms. The molecule has 0 fully saturated rings. The zero-order chi connectivity index (χ0) is 17.4. The van der Waals surface area contributed by atoms with Crippen LogP contribution < -0.4 is 0 Å². The maximum atomic E-state index is 13.9. The highest BCUT2D eigenvalue weighted by Gasteiger charge is 2.26. The molecule has 0 atom stereocenters. The molecular formula is C19H11F5. The molecule has 0 aromatic heterocycles. The van der Waals surface area contributed by atoms with Crippen molar-refractivity contribution in [1.29, 1.82) is 0 Å². The van der Waals surface area contributed by atoms with Crippen LogP contribution in [0.25, 0.3) is 22.3 Å². The van der Waals surface area contributed by atoms with Crippen molar-refractivity contribution in [2.24, 2.45) is 0 Å². The molecule has 0 unspecified atom stereocenters. The Morgan fingerprint density at radius 1 is 0.542 bits per heavy atom. The molecule has 3 aromatic carbocycles. The van der Waals surface area contributed by atoms with Crippen LogP contribution in [0, 0.1) is 36.0 Å². The predicted molar refractivity (Wildman–Crippen MR) is 81.8 cm³/mol. The van der Waals surface area contributed by atoms with Crippen molar-refractivity contribution in [2.45, 2.75) is 6.92 Å². The highest BCUT2D eigenvalue weighted by atomic mass is 19.2. The van der Waals surface area contributed by atoms with Crippen LogP contribution in [-0.2, 0) is 0 Å². The molecule has 122 valence electrons. The van der Waals surface area contributed by atoms with Crippen molar-refractivity contribution in [3.05, 3.63) is 83.2 Å². The molecule has 3 rings (SSSR count). The zero-order valence-corrected chi connectivity index (χ0v) is 12.5. The van der Waals surface area contributed by atoms with Crippen LogP contribution in [0.5, 0.6) is 0 Å². The molecular weight excluding hydrogens is 323 g/mol. The van der Waals surface area contributed by atoms with Gasteiger partial charge in [0.05, 0.1) is 5.56 Å². The molecule has 0 amide bonds. The van der Waals surface area contributed by atoms with Gasteiger partial charge in [0.25, 0.3) is 0 Å². The van der Waals surface area contributed by atoms with Crippen LogP contribution in [0.1, 0.15) is 5.56 Å². The number of hydrogen-bond acceptors (Lipinski definition) is 0. The molecule has 0 aliphatic carbocycles. The van der Waals surface area contributed by atoms with Crippen molar-refractivity contribution in [3.63, 3.8) is 0 Å². The van der Waals surface area contributed by atoms with E-state index < -0.39 is 34.6 Å². The summed E-state index contributed by atoms with van der Waals surface area (Å²) in [6.07, 6.45) is 0. The van der Waals surface area contributed by atoms with E-state index in [9.17, 15) is 22.0 Å². The van der Waals surface area contributed by atoms with Crippen LogP contribution in [0.15, 0.2) is 48.5 Å². The first-order valence-corrected chi connectivity index (χ1v) is 7.09. The summed E-state index contributed by atoms with van der Waals surface area (Å²) in [7, 11) is 0. The third-order valence-electron chi connectivity index (χ3n) is 3.84. The smallest absolute Gasteiger partial charge is 0.200 e. The summed E-state index contributed by atoms with van der Waals surface area (Å²) >= 11 is 0. The molecule has 0 radical (unpaired) electrons. The third-order valence-corrected chi connectivity index (χ3v) is 3.84. The molecule has 0 aliphatic rings. The minimum Gasteiger partial charge on any atom is -0.203 e. The van der Waals surface area contributed by atoms with Crippen molar-refractivity contribution >= 4 is 0 Å². The summed E-state index contributed by atoms with van der Waals surface area (Å²) in [5.74, 6) is -9.74. The van der Waals surface area contributed by atoms with Crippen LogP contribution in [0.4, 0.5) is 22.0 Å². The summed E-state index contributed by atoms with van der Waals surface area (Å²) in [5.41, 5.74) is 1.69. The van der Waals surface area contributed by atoms with Gasteiger partial charge in [-0.3, -0.25) is 0 Å². The van der Waals surface area contributed by atoms with Gasteiger partial charge in [0, 0.05) is 0 Å². The maximum Gasteiger partial charge on any atom is 0.200 e. The van der Waals surface area contributed by atoms with E-state index in [-0.39, 0.29) is 5.56 Å². The van der Waals surface area contributed by atoms with Crippen LogP contribution in [0.2, 0.25) is 0 Å². The fourth-order valence-electron chi connectivity index (χ4n) is 2.57. The van der Waals surface area contributed by atoms with Crippen LogP contribution in [-0.4, -0.2) is 0 Å². The van der Waals surface area contributed by atoms with Gasteiger partial charge >= 0.3 is 0 Å². The lowest BCUT2D eigenvalue weighted by molar-refractivity contribution is 0.381. The van der Waals surface area contributed by atoms with E-state index in [4.69, 9.17) is 0 Å².